The molecule has 0 spiro atoms. The fourth-order valence-electron chi connectivity index (χ4n) is 0.364. The molecule has 0 bridgehead atoms. The van der Waals surface area contributed by atoms with Crippen LogP contribution in [0, 0.1) is 0 Å². The largest absolute Gasteiger partial charge is 0.430 e. The second-order valence-corrected chi connectivity index (χ2v) is 2.39. The molecule has 0 aromatic rings. The van der Waals surface area contributed by atoms with E-state index in [0.29, 0.717) is 0 Å². The molecule has 0 aromatic carbocycles. The van der Waals surface area contributed by atoms with E-state index in [2.05, 4.69) is 11.3 Å². The number of ether oxygens (including phenoxy) is 1. The molecule has 0 aliphatic carbocycles. The Labute approximate surface area is 76.3 Å². The third-order valence-corrected chi connectivity index (χ3v) is 1.04. The smallest absolute Gasteiger partial charge is 0.387 e. The van der Waals surface area contributed by atoms with Crippen molar-refractivity contribution < 1.29 is 31.9 Å². The summed E-state index contributed by atoms with van der Waals surface area (Å²) in [7, 11) is 0. The molecule has 1 unspecified atom stereocenters. The number of carbonyl (C=O) groups is 2. The van der Waals surface area contributed by atoms with Gasteiger partial charge in [-0.3, -0.25) is 0 Å². The molecule has 0 N–H and O–H groups in total. The number of esters is 2. The van der Waals surface area contributed by atoms with Crippen molar-refractivity contribution >= 4 is 11.9 Å². The van der Waals surface area contributed by atoms with Crippen LogP contribution in [-0.4, -0.2) is 24.3 Å². The molecule has 7 heteroatoms. The maximum Gasteiger partial charge on any atom is 0.430 e. The first-order valence-electron chi connectivity index (χ1n) is 3.28. The average Bonchev–Trinajstić information content (AvgIpc) is 2.00. The van der Waals surface area contributed by atoms with Gasteiger partial charge in [0.25, 0.3) is 6.17 Å². The van der Waals surface area contributed by atoms with Crippen LogP contribution >= 0.6 is 0 Å². The number of alkyl halides is 4. The van der Waals surface area contributed by atoms with Crippen molar-refractivity contribution in [3.05, 3.63) is 12.2 Å². The van der Waals surface area contributed by atoms with Crippen molar-refractivity contribution in [2.24, 2.45) is 0 Å². The van der Waals surface area contributed by atoms with Crippen molar-refractivity contribution in [2.45, 2.75) is 19.3 Å². The van der Waals surface area contributed by atoms with Crippen LogP contribution in [-0.2, 0) is 14.3 Å². The first-order chi connectivity index (χ1) is 6.16. The Balaban J connectivity index is 4.37. The highest BCUT2D eigenvalue weighted by Crippen LogP contribution is 2.23. The molecule has 0 heterocycles. The molecule has 3 nitrogen and oxygen atoms in total. The van der Waals surface area contributed by atoms with Crippen molar-refractivity contribution in [1.82, 2.24) is 0 Å². The number of rotatable bonds is 2. The zero-order valence-corrected chi connectivity index (χ0v) is 7.02. The lowest BCUT2D eigenvalue weighted by atomic mass is 10.3. The van der Waals surface area contributed by atoms with Gasteiger partial charge in [0.1, 0.15) is 0 Å². The number of hydrogen-bond donors (Lipinski definition) is 0. The fourth-order valence-corrected chi connectivity index (χ4v) is 0.364. The molecule has 0 amide bonds. The minimum atomic E-state index is -5.37. The van der Waals surface area contributed by atoms with E-state index >= 15 is 0 Å². The lowest BCUT2D eigenvalue weighted by molar-refractivity contribution is -0.201. The van der Waals surface area contributed by atoms with Gasteiger partial charge in [0.2, 0.25) is 0 Å². The highest BCUT2D eigenvalue weighted by Gasteiger charge is 2.47. The van der Waals surface area contributed by atoms with E-state index in [1.807, 2.05) is 0 Å². The Morgan fingerprint density at radius 3 is 2.07 bits per heavy atom. The summed E-state index contributed by atoms with van der Waals surface area (Å²) in [5, 5.41) is 0. The summed E-state index contributed by atoms with van der Waals surface area (Å²) in [6.07, 6.45) is -9.18. The third-order valence-electron chi connectivity index (χ3n) is 1.04. The predicted octanol–water partition coefficient (Wildman–Crippen LogP) is 1.53. The van der Waals surface area contributed by atoms with E-state index in [1.54, 1.807) is 0 Å². The van der Waals surface area contributed by atoms with Gasteiger partial charge in [-0.25, -0.2) is 14.0 Å². The van der Waals surface area contributed by atoms with Crippen LogP contribution in [0.15, 0.2) is 12.2 Å². The summed E-state index contributed by atoms with van der Waals surface area (Å²) in [5.41, 5.74) is -0.298. The molecule has 0 rings (SSSR count). The van der Waals surface area contributed by atoms with E-state index < -0.39 is 24.3 Å². The third kappa shape index (κ3) is 3.55. The minimum absolute atomic E-state index is 0.298. The van der Waals surface area contributed by atoms with E-state index in [4.69, 9.17) is 0 Å². The summed E-state index contributed by atoms with van der Waals surface area (Å²) in [4.78, 5) is 20.8. The molecule has 0 aliphatic rings. The molecular weight excluding hydrogens is 208 g/mol. The van der Waals surface area contributed by atoms with Gasteiger partial charge in [-0.2, -0.15) is 13.2 Å². The number of carbonyl (C=O) groups excluding carboxylic acids is 2. The van der Waals surface area contributed by atoms with Crippen LogP contribution in [0.25, 0.3) is 0 Å². The van der Waals surface area contributed by atoms with Gasteiger partial charge < -0.3 is 4.74 Å². The second kappa shape index (κ2) is 4.21. The molecular formula is C7H6F4O3. The standard InChI is InChI=1S/C7H6F4O3/c1-3(2)5(12)14-6(13)4(8)7(9,10)11/h4H,1H2,2H3. The van der Waals surface area contributed by atoms with Crippen LogP contribution in [0.2, 0.25) is 0 Å². The molecule has 0 saturated heterocycles. The molecule has 0 saturated carbocycles. The number of hydrogen-bond acceptors (Lipinski definition) is 3. The van der Waals surface area contributed by atoms with Gasteiger partial charge in [0, 0.05) is 5.57 Å². The van der Waals surface area contributed by atoms with Crippen LogP contribution in [0.5, 0.6) is 0 Å². The first-order valence-corrected chi connectivity index (χ1v) is 3.28. The van der Waals surface area contributed by atoms with Gasteiger partial charge in [-0.15, -0.1) is 0 Å². The van der Waals surface area contributed by atoms with Crippen molar-refractivity contribution in [3.8, 4) is 0 Å². The van der Waals surface area contributed by atoms with E-state index in [-0.39, 0.29) is 5.57 Å². The zero-order valence-electron chi connectivity index (χ0n) is 7.02. The number of halogens is 4. The average molecular weight is 214 g/mol. The molecule has 14 heavy (non-hydrogen) atoms. The summed E-state index contributed by atoms with van der Waals surface area (Å²) in [6.45, 7) is 4.11. The Bertz CT molecular complexity index is 269. The van der Waals surface area contributed by atoms with Crippen molar-refractivity contribution in [3.63, 3.8) is 0 Å². The van der Waals surface area contributed by atoms with E-state index in [9.17, 15) is 27.2 Å². The first kappa shape index (κ1) is 12.6. The summed E-state index contributed by atoms with van der Waals surface area (Å²) < 4.78 is 50.3. The molecule has 80 valence electrons. The van der Waals surface area contributed by atoms with Gasteiger partial charge in [0.15, 0.2) is 0 Å². The van der Waals surface area contributed by atoms with Crippen molar-refractivity contribution in [2.75, 3.05) is 0 Å². The zero-order chi connectivity index (χ0) is 11.5. The highest BCUT2D eigenvalue weighted by atomic mass is 19.4. The molecule has 0 aliphatic heterocycles. The highest BCUT2D eigenvalue weighted by molar-refractivity contribution is 5.96. The van der Waals surface area contributed by atoms with Gasteiger partial charge in [0.05, 0.1) is 0 Å². The SMILES string of the molecule is C=C(C)C(=O)OC(=O)C(F)C(F)(F)F. The quantitative estimate of drug-likeness (QED) is 0.303. The summed E-state index contributed by atoms with van der Waals surface area (Å²) in [6, 6.07) is 0. The topological polar surface area (TPSA) is 43.4 Å². The normalized spacial score (nSPS) is 13.2. The Morgan fingerprint density at radius 2 is 1.79 bits per heavy atom. The van der Waals surface area contributed by atoms with Gasteiger partial charge in [-0.05, 0) is 6.92 Å². The van der Waals surface area contributed by atoms with E-state index in [0.717, 1.165) is 6.92 Å². The second-order valence-electron chi connectivity index (χ2n) is 2.39. The lowest BCUT2D eigenvalue weighted by Crippen LogP contribution is -2.35. The van der Waals surface area contributed by atoms with Crippen LogP contribution in [0.1, 0.15) is 6.92 Å². The summed E-state index contributed by atoms with van der Waals surface area (Å²) in [5.74, 6) is -3.67. The van der Waals surface area contributed by atoms with Gasteiger partial charge >= 0.3 is 18.1 Å². The predicted molar refractivity (Wildman–Crippen MR) is 36.9 cm³/mol. The van der Waals surface area contributed by atoms with Gasteiger partial charge in [-0.1, -0.05) is 6.58 Å². The Kier molecular flexibility index (Phi) is 3.79. The van der Waals surface area contributed by atoms with Crippen LogP contribution < -0.4 is 0 Å². The van der Waals surface area contributed by atoms with Crippen LogP contribution in [0.3, 0.4) is 0 Å². The maximum atomic E-state index is 12.1. The van der Waals surface area contributed by atoms with Crippen LogP contribution in [0.4, 0.5) is 17.6 Å². The molecule has 0 fully saturated rings. The molecule has 0 aromatic heterocycles. The minimum Gasteiger partial charge on any atom is -0.387 e. The Morgan fingerprint density at radius 1 is 1.36 bits per heavy atom. The summed E-state index contributed by atoms with van der Waals surface area (Å²) >= 11 is 0. The monoisotopic (exact) mass is 214 g/mol. The molecule has 0 radical (unpaired) electrons. The lowest BCUT2D eigenvalue weighted by Gasteiger charge is -2.10. The maximum absolute atomic E-state index is 12.1. The fraction of sp³-hybridized carbons (Fsp3) is 0.429. The van der Waals surface area contributed by atoms with E-state index in [1.165, 1.54) is 0 Å². The van der Waals surface area contributed by atoms with Crippen molar-refractivity contribution in [1.29, 1.82) is 0 Å². The molecule has 1 atom stereocenters. The Hall–Kier alpha value is -1.40.